The SMILES string of the molecule is O=C(O)[C@H](Cc1ccccc1)NCn1cnnn1. The smallest absolute Gasteiger partial charge is 0.321 e. The Morgan fingerprint density at radius 3 is 2.78 bits per heavy atom. The van der Waals surface area contributed by atoms with E-state index in [-0.39, 0.29) is 6.67 Å². The molecule has 1 heterocycles. The predicted molar refractivity (Wildman–Crippen MR) is 62.5 cm³/mol. The molecular weight excluding hydrogens is 234 g/mol. The average Bonchev–Trinajstić information content (AvgIpc) is 2.88. The Balaban J connectivity index is 1.94. The molecule has 0 radical (unpaired) electrons. The molecule has 1 aromatic carbocycles. The van der Waals surface area contributed by atoms with Crippen LogP contribution in [0.15, 0.2) is 36.7 Å². The fraction of sp³-hybridized carbons (Fsp3) is 0.273. The van der Waals surface area contributed by atoms with Crippen molar-refractivity contribution >= 4 is 5.97 Å². The van der Waals surface area contributed by atoms with Crippen molar-refractivity contribution in [2.45, 2.75) is 19.1 Å². The largest absolute Gasteiger partial charge is 0.480 e. The fourth-order valence-electron chi connectivity index (χ4n) is 1.55. The highest BCUT2D eigenvalue weighted by molar-refractivity contribution is 5.73. The van der Waals surface area contributed by atoms with Crippen molar-refractivity contribution in [1.29, 1.82) is 0 Å². The number of hydrogen-bond acceptors (Lipinski definition) is 5. The minimum absolute atomic E-state index is 0.261. The quantitative estimate of drug-likeness (QED) is 0.741. The summed E-state index contributed by atoms with van der Waals surface area (Å²) in [6, 6.07) is 8.79. The Labute approximate surface area is 103 Å². The van der Waals surface area contributed by atoms with E-state index in [4.69, 9.17) is 5.11 Å². The monoisotopic (exact) mass is 247 g/mol. The van der Waals surface area contributed by atoms with Crippen LogP contribution in [0.1, 0.15) is 5.56 Å². The third-order valence-electron chi connectivity index (χ3n) is 2.47. The normalized spacial score (nSPS) is 12.2. The van der Waals surface area contributed by atoms with Crippen molar-refractivity contribution in [3.05, 3.63) is 42.2 Å². The van der Waals surface area contributed by atoms with E-state index in [0.29, 0.717) is 6.42 Å². The summed E-state index contributed by atoms with van der Waals surface area (Å²) in [6.07, 6.45) is 1.84. The van der Waals surface area contributed by atoms with Crippen LogP contribution in [-0.4, -0.2) is 37.3 Å². The zero-order valence-corrected chi connectivity index (χ0v) is 9.60. The van der Waals surface area contributed by atoms with Gasteiger partial charge in [0.05, 0.1) is 6.67 Å². The Bertz CT molecular complexity index is 485. The molecule has 94 valence electrons. The van der Waals surface area contributed by atoms with Gasteiger partial charge in [-0.2, -0.15) is 0 Å². The summed E-state index contributed by atoms with van der Waals surface area (Å²) < 4.78 is 1.43. The number of benzene rings is 1. The van der Waals surface area contributed by atoms with Crippen molar-refractivity contribution in [3.63, 3.8) is 0 Å². The number of nitrogens with zero attached hydrogens (tertiary/aromatic N) is 4. The molecule has 0 amide bonds. The van der Waals surface area contributed by atoms with Gasteiger partial charge in [0.1, 0.15) is 12.4 Å². The van der Waals surface area contributed by atoms with E-state index < -0.39 is 12.0 Å². The molecule has 0 aliphatic heterocycles. The number of carboxylic acid groups (broad SMARTS) is 1. The second kappa shape index (κ2) is 5.87. The van der Waals surface area contributed by atoms with Crippen LogP contribution in [0.5, 0.6) is 0 Å². The molecule has 2 N–H and O–H groups in total. The zero-order valence-electron chi connectivity index (χ0n) is 9.60. The maximum atomic E-state index is 11.1. The molecule has 7 heteroatoms. The molecule has 0 saturated carbocycles. The third-order valence-corrected chi connectivity index (χ3v) is 2.47. The van der Waals surface area contributed by atoms with Crippen molar-refractivity contribution in [3.8, 4) is 0 Å². The summed E-state index contributed by atoms with van der Waals surface area (Å²) in [7, 11) is 0. The Morgan fingerprint density at radius 1 is 1.39 bits per heavy atom. The van der Waals surface area contributed by atoms with Crippen LogP contribution in [0.3, 0.4) is 0 Å². The topological polar surface area (TPSA) is 92.9 Å². The number of nitrogens with one attached hydrogen (secondary N) is 1. The molecule has 7 nitrogen and oxygen atoms in total. The Hall–Kier alpha value is -2.28. The molecule has 2 rings (SSSR count). The predicted octanol–water partition coefficient (Wildman–Crippen LogP) is -0.0839. The highest BCUT2D eigenvalue weighted by Crippen LogP contribution is 2.03. The summed E-state index contributed by atoms with van der Waals surface area (Å²) in [5, 5.41) is 22.6. The van der Waals surface area contributed by atoms with Gasteiger partial charge in [0.15, 0.2) is 0 Å². The van der Waals surface area contributed by atoms with E-state index >= 15 is 0 Å². The molecule has 18 heavy (non-hydrogen) atoms. The standard InChI is InChI=1S/C11H13N5O2/c17-11(18)10(6-9-4-2-1-3-5-9)12-7-16-8-13-14-15-16/h1-5,8,10,12H,6-7H2,(H,17,18)/t10-/m0/s1. The maximum absolute atomic E-state index is 11.1. The Kier molecular flexibility index (Phi) is 3.98. The summed E-state index contributed by atoms with van der Waals surface area (Å²) in [4.78, 5) is 11.1. The van der Waals surface area contributed by atoms with E-state index in [2.05, 4.69) is 20.8 Å². The van der Waals surface area contributed by atoms with Crippen molar-refractivity contribution in [2.24, 2.45) is 0 Å². The molecule has 0 fully saturated rings. The lowest BCUT2D eigenvalue weighted by atomic mass is 10.1. The molecule has 0 bridgehead atoms. The number of hydrogen-bond donors (Lipinski definition) is 2. The maximum Gasteiger partial charge on any atom is 0.321 e. The second-order valence-electron chi connectivity index (χ2n) is 3.79. The van der Waals surface area contributed by atoms with E-state index in [1.807, 2.05) is 30.3 Å². The first-order valence-corrected chi connectivity index (χ1v) is 5.46. The van der Waals surface area contributed by atoms with Crippen molar-refractivity contribution in [2.75, 3.05) is 0 Å². The van der Waals surface area contributed by atoms with Crippen LogP contribution in [0.4, 0.5) is 0 Å². The van der Waals surface area contributed by atoms with E-state index in [1.165, 1.54) is 11.0 Å². The number of rotatable bonds is 6. The minimum atomic E-state index is -0.896. The number of carboxylic acids is 1. The van der Waals surface area contributed by atoms with Gasteiger partial charge in [-0.1, -0.05) is 30.3 Å². The van der Waals surface area contributed by atoms with Gasteiger partial charge in [-0.25, -0.2) is 4.68 Å². The summed E-state index contributed by atoms with van der Waals surface area (Å²) in [5.41, 5.74) is 0.967. The van der Waals surface area contributed by atoms with Crippen LogP contribution in [0, 0.1) is 0 Å². The van der Waals surface area contributed by atoms with Gasteiger partial charge in [0.2, 0.25) is 0 Å². The zero-order chi connectivity index (χ0) is 12.8. The van der Waals surface area contributed by atoms with Crippen LogP contribution in [0.2, 0.25) is 0 Å². The first-order chi connectivity index (χ1) is 8.75. The van der Waals surface area contributed by atoms with Gasteiger partial charge in [-0.3, -0.25) is 10.1 Å². The van der Waals surface area contributed by atoms with Gasteiger partial charge in [-0.15, -0.1) is 5.10 Å². The molecule has 0 aliphatic carbocycles. The lowest BCUT2D eigenvalue weighted by Crippen LogP contribution is -2.39. The number of aromatic nitrogens is 4. The van der Waals surface area contributed by atoms with Crippen LogP contribution in [-0.2, 0) is 17.9 Å². The van der Waals surface area contributed by atoms with Gasteiger partial charge in [-0.05, 0) is 22.4 Å². The molecular formula is C11H13N5O2. The molecule has 0 aliphatic rings. The lowest BCUT2D eigenvalue weighted by Gasteiger charge is -2.13. The highest BCUT2D eigenvalue weighted by Gasteiger charge is 2.17. The molecule has 2 aromatic rings. The summed E-state index contributed by atoms with van der Waals surface area (Å²) in [5.74, 6) is -0.896. The number of aliphatic carboxylic acids is 1. The van der Waals surface area contributed by atoms with Crippen LogP contribution >= 0.6 is 0 Å². The van der Waals surface area contributed by atoms with Crippen LogP contribution < -0.4 is 5.32 Å². The number of carbonyl (C=O) groups is 1. The highest BCUT2D eigenvalue weighted by atomic mass is 16.4. The van der Waals surface area contributed by atoms with Gasteiger partial charge >= 0.3 is 5.97 Å². The van der Waals surface area contributed by atoms with E-state index in [1.54, 1.807) is 0 Å². The van der Waals surface area contributed by atoms with Crippen molar-refractivity contribution in [1.82, 2.24) is 25.5 Å². The molecule has 0 unspecified atom stereocenters. The summed E-state index contributed by atoms with van der Waals surface area (Å²) >= 11 is 0. The van der Waals surface area contributed by atoms with Crippen LogP contribution in [0.25, 0.3) is 0 Å². The minimum Gasteiger partial charge on any atom is -0.480 e. The van der Waals surface area contributed by atoms with Gasteiger partial charge < -0.3 is 5.11 Å². The first kappa shape index (κ1) is 12.2. The Morgan fingerprint density at radius 2 is 2.17 bits per heavy atom. The first-order valence-electron chi connectivity index (χ1n) is 5.46. The molecule has 0 saturated heterocycles. The van der Waals surface area contributed by atoms with Gasteiger partial charge in [0.25, 0.3) is 0 Å². The molecule has 1 atom stereocenters. The summed E-state index contributed by atoms with van der Waals surface area (Å²) in [6.45, 7) is 0.261. The number of tetrazole rings is 1. The lowest BCUT2D eigenvalue weighted by molar-refractivity contribution is -0.139. The van der Waals surface area contributed by atoms with Crippen molar-refractivity contribution < 1.29 is 9.90 Å². The average molecular weight is 247 g/mol. The second-order valence-corrected chi connectivity index (χ2v) is 3.79. The van der Waals surface area contributed by atoms with E-state index in [0.717, 1.165) is 5.56 Å². The fourth-order valence-corrected chi connectivity index (χ4v) is 1.55. The third kappa shape index (κ3) is 3.36. The molecule has 0 spiro atoms. The van der Waals surface area contributed by atoms with E-state index in [9.17, 15) is 4.79 Å². The molecule has 1 aromatic heterocycles. The van der Waals surface area contributed by atoms with Gasteiger partial charge in [0, 0.05) is 0 Å².